The van der Waals surface area contributed by atoms with Crippen LogP contribution in [0.4, 0.5) is 5.69 Å². The average Bonchev–Trinajstić information content (AvgIpc) is 2.91. The topological polar surface area (TPSA) is 69.0 Å². The Morgan fingerprint density at radius 1 is 1.46 bits per heavy atom. The van der Waals surface area contributed by atoms with Gasteiger partial charge in [0.2, 0.25) is 5.91 Å². The molecule has 1 heterocycles. The van der Waals surface area contributed by atoms with Gasteiger partial charge in [-0.3, -0.25) is 4.79 Å². The maximum Gasteiger partial charge on any atom is 0.234 e. The second-order valence-corrected chi connectivity index (χ2v) is 7.40. The van der Waals surface area contributed by atoms with Crippen molar-refractivity contribution < 1.29 is 9.53 Å². The van der Waals surface area contributed by atoms with Crippen molar-refractivity contribution in [1.29, 1.82) is 0 Å². The minimum atomic E-state index is -0.121. The van der Waals surface area contributed by atoms with Crippen LogP contribution < -0.4 is 5.32 Å². The average molecular weight is 476 g/mol. The highest BCUT2D eigenvalue weighted by Crippen LogP contribution is 2.26. The number of ether oxygens (including phenoxy) is 1. The maximum atomic E-state index is 12.2. The van der Waals surface area contributed by atoms with E-state index in [2.05, 4.69) is 54.0 Å². The molecule has 0 saturated carbocycles. The standard InChI is InChI=1S/C15H16Br2N4O2S/c1-3-6-21-13(8-23-2)19-20-15(21)24-9-14(22)18-12-5-4-10(16)7-11(12)17/h3-5,7H,1,6,8-9H2,2H3,(H,18,22). The number of amides is 1. The Hall–Kier alpha value is -1.16. The molecule has 0 radical (unpaired) electrons. The van der Waals surface area contributed by atoms with E-state index in [0.717, 1.165) is 14.6 Å². The van der Waals surface area contributed by atoms with Crippen LogP contribution in [0.3, 0.4) is 0 Å². The summed E-state index contributed by atoms with van der Waals surface area (Å²) in [4.78, 5) is 12.2. The predicted molar refractivity (Wildman–Crippen MR) is 102 cm³/mol. The number of allylic oxidation sites excluding steroid dienone is 1. The zero-order valence-electron chi connectivity index (χ0n) is 13.0. The van der Waals surface area contributed by atoms with Crippen LogP contribution >= 0.6 is 43.6 Å². The van der Waals surface area contributed by atoms with Crippen LogP contribution in [0, 0.1) is 0 Å². The number of hydrogen-bond acceptors (Lipinski definition) is 5. The first-order valence-electron chi connectivity index (χ1n) is 6.94. The van der Waals surface area contributed by atoms with Gasteiger partial charge in [-0.1, -0.05) is 33.8 Å². The molecule has 0 aliphatic rings. The van der Waals surface area contributed by atoms with Crippen molar-refractivity contribution in [3.05, 3.63) is 45.6 Å². The number of thioether (sulfide) groups is 1. The molecular weight excluding hydrogens is 460 g/mol. The molecule has 6 nitrogen and oxygen atoms in total. The van der Waals surface area contributed by atoms with Crippen LogP contribution in [-0.4, -0.2) is 33.5 Å². The third-order valence-corrected chi connectivity index (χ3v) is 5.03. The molecule has 0 fully saturated rings. The van der Waals surface area contributed by atoms with Crippen molar-refractivity contribution in [2.75, 3.05) is 18.2 Å². The van der Waals surface area contributed by atoms with E-state index < -0.39 is 0 Å². The summed E-state index contributed by atoms with van der Waals surface area (Å²) in [6, 6.07) is 5.57. The molecule has 0 unspecified atom stereocenters. The third kappa shape index (κ3) is 5.17. The first-order chi connectivity index (χ1) is 11.5. The van der Waals surface area contributed by atoms with E-state index in [-0.39, 0.29) is 11.7 Å². The number of carbonyl (C=O) groups is 1. The van der Waals surface area contributed by atoms with Crippen LogP contribution in [0.1, 0.15) is 5.82 Å². The number of carbonyl (C=O) groups excluding carboxylic acids is 1. The molecule has 2 aromatic rings. The maximum absolute atomic E-state index is 12.2. The van der Waals surface area contributed by atoms with Crippen LogP contribution in [0.5, 0.6) is 0 Å². The first-order valence-corrected chi connectivity index (χ1v) is 9.52. The quantitative estimate of drug-likeness (QED) is 0.463. The molecule has 128 valence electrons. The zero-order chi connectivity index (χ0) is 17.5. The number of methoxy groups -OCH3 is 1. The van der Waals surface area contributed by atoms with Crippen molar-refractivity contribution in [3.63, 3.8) is 0 Å². The van der Waals surface area contributed by atoms with Crippen LogP contribution in [-0.2, 0) is 22.7 Å². The monoisotopic (exact) mass is 474 g/mol. The van der Waals surface area contributed by atoms with Gasteiger partial charge in [-0.25, -0.2) is 0 Å². The van der Waals surface area contributed by atoms with Gasteiger partial charge < -0.3 is 14.6 Å². The molecule has 0 aliphatic heterocycles. The zero-order valence-corrected chi connectivity index (χ0v) is 16.9. The molecule has 0 aliphatic carbocycles. The summed E-state index contributed by atoms with van der Waals surface area (Å²) in [7, 11) is 1.60. The van der Waals surface area contributed by atoms with Crippen molar-refractivity contribution in [2.24, 2.45) is 0 Å². The molecule has 0 spiro atoms. The van der Waals surface area contributed by atoms with Gasteiger partial charge in [-0.05, 0) is 34.1 Å². The van der Waals surface area contributed by atoms with Crippen LogP contribution in [0.25, 0.3) is 0 Å². The third-order valence-electron chi connectivity index (χ3n) is 2.92. The molecule has 0 bridgehead atoms. The summed E-state index contributed by atoms with van der Waals surface area (Å²) < 4.78 is 8.73. The Balaban J connectivity index is 1.99. The highest BCUT2D eigenvalue weighted by Gasteiger charge is 2.14. The van der Waals surface area contributed by atoms with Crippen molar-refractivity contribution in [2.45, 2.75) is 18.3 Å². The normalized spacial score (nSPS) is 10.6. The lowest BCUT2D eigenvalue weighted by Crippen LogP contribution is -2.15. The second-order valence-electron chi connectivity index (χ2n) is 4.69. The summed E-state index contributed by atoms with van der Waals surface area (Å²) in [5, 5.41) is 11.7. The molecular formula is C15H16Br2N4O2S. The number of benzene rings is 1. The Bertz CT molecular complexity index is 736. The number of hydrogen-bond donors (Lipinski definition) is 1. The Labute approximate surface area is 161 Å². The molecule has 9 heteroatoms. The number of anilines is 1. The smallest absolute Gasteiger partial charge is 0.234 e. The molecule has 1 N–H and O–H groups in total. The Kier molecular flexibility index (Phi) is 7.47. The Morgan fingerprint density at radius 3 is 2.92 bits per heavy atom. The van der Waals surface area contributed by atoms with Crippen molar-refractivity contribution in [3.8, 4) is 0 Å². The van der Waals surface area contributed by atoms with E-state index in [0.29, 0.717) is 24.1 Å². The molecule has 0 atom stereocenters. The van der Waals surface area contributed by atoms with Gasteiger partial charge in [0.15, 0.2) is 11.0 Å². The van der Waals surface area contributed by atoms with E-state index >= 15 is 0 Å². The largest absolute Gasteiger partial charge is 0.377 e. The second kappa shape index (κ2) is 9.36. The molecule has 0 saturated heterocycles. The van der Waals surface area contributed by atoms with Crippen LogP contribution in [0.2, 0.25) is 0 Å². The van der Waals surface area contributed by atoms with Gasteiger partial charge in [0.05, 0.1) is 11.4 Å². The molecule has 1 aromatic carbocycles. The fourth-order valence-corrected chi connectivity index (χ4v) is 3.79. The number of halogens is 2. The van der Waals surface area contributed by atoms with Gasteiger partial charge in [0.25, 0.3) is 0 Å². The van der Waals surface area contributed by atoms with Crippen LogP contribution in [0.15, 0.2) is 45.0 Å². The Morgan fingerprint density at radius 2 is 2.25 bits per heavy atom. The van der Waals surface area contributed by atoms with Gasteiger partial charge in [-0.15, -0.1) is 16.8 Å². The van der Waals surface area contributed by atoms with E-state index in [1.165, 1.54) is 11.8 Å². The fraction of sp³-hybridized carbons (Fsp3) is 0.267. The predicted octanol–water partition coefficient (Wildman–Crippen LogP) is 3.87. The van der Waals surface area contributed by atoms with Gasteiger partial charge in [0.1, 0.15) is 6.61 Å². The van der Waals surface area contributed by atoms with Gasteiger partial charge in [-0.2, -0.15) is 0 Å². The lowest BCUT2D eigenvalue weighted by atomic mass is 10.3. The van der Waals surface area contributed by atoms with Crippen molar-refractivity contribution in [1.82, 2.24) is 14.8 Å². The summed E-state index contributed by atoms with van der Waals surface area (Å²) in [6.07, 6.45) is 1.76. The molecule has 1 amide bonds. The molecule has 2 rings (SSSR count). The highest BCUT2D eigenvalue weighted by molar-refractivity contribution is 9.11. The van der Waals surface area contributed by atoms with E-state index in [4.69, 9.17) is 4.74 Å². The summed E-state index contributed by atoms with van der Waals surface area (Å²) >= 11 is 8.12. The summed E-state index contributed by atoms with van der Waals surface area (Å²) in [5.41, 5.74) is 0.719. The number of nitrogens with zero attached hydrogens (tertiary/aromatic N) is 3. The molecule has 1 aromatic heterocycles. The number of aromatic nitrogens is 3. The highest BCUT2D eigenvalue weighted by atomic mass is 79.9. The lowest BCUT2D eigenvalue weighted by Gasteiger charge is -2.09. The SMILES string of the molecule is C=CCn1c(COC)nnc1SCC(=O)Nc1ccc(Br)cc1Br. The van der Waals surface area contributed by atoms with Gasteiger partial charge in [0, 0.05) is 22.6 Å². The van der Waals surface area contributed by atoms with E-state index in [1.54, 1.807) is 13.2 Å². The van der Waals surface area contributed by atoms with E-state index in [1.807, 2.05) is 22.8 Å². The minimum absolute atomic E-state index is 0.121. The van der Waals surface area contributed by atoms with E-state index in [9.17, 15) is 4.79 Å². The first kappa shape index (κ1) is 19.2. The summed E-state index contributed by atoms with van der Waals surface area (Å²) in [6.45, 7) is 4.65. The summed E-state index contributed by atoms with van der Waals surface area (Å²) in [5.74, 6) is 0.811. The minimum Gasteiger partial charge on any atom is -0.377 e. The van der Waals surface area contributed by atoms with Crippen molar-refractivity contribution >= 4 is 55.2 Å². The number of rotatable bonds is 8. The lowest BCUT2D eigenvalue weighted by molar-refractivity contribution is -0.113. The number of nitrogens with one attached hydrogen (secondary N) is 1. The molecule has 24 heavy (non-hydrogen) atoms. The fourth-order valence-electron chi connectivity index (χ4n) is 1.88. The van der Waals surface area contributed by atoms with Gasteiger partial charge >= 0.3 is 0 Å².